The molecule has 5 heteroatoms. The van der Waals surface area contributed by atoms with Crippen molar-refractivity contribution in [3.8, 4) is 5.88 Å². The van der Waals surface area contributed by atoms with Crippen molar-refractivity contribution in [3.05, 3.63) is 11.8 Å². The topological polar surface area (TPSA) is 67.3 Å². The first-order valence-electron chi connectivity index (χ1n) is 6.15. The van der Waals surface area contributed by atoms with Crippen LogP contribution in [0.4, 0.5) is 5.95 Å². The van der Waals surface area contributed by atoms with E-state index in [0.29, 0.717) is 18.4 Å². The number of ether oxygens (including phenoxy) is 1. The minimum Gasteiger partial charge on any atom is -0.478 e. The van der Waals surface area contributed by atoms with E-state index in [-0.39, 0.29) is 0 Å². The molecule has 0 amide bonds. The van der Waals surface area contributed by atoms with Crippen molar-refractivity contribution in [1.29, 1.82) is 0 Å². The van der Waals surface area contributed by atoms with Crippen molar-refractivity contribution in [2.75, 3.05) is 11.9 Å². The Morgan fingerprint density at radius 3 is 2.39 bits per heavy atom. The van der Waals surface area contributed by atoms with E-state index in [4.69, 9.17) is 4.74 Å². The molecule has 0 aromatic carbocycles. The fourth-order valence-corrected chi connectivity index (χ4v) is 1.25. The second-order valence-corrected chi connectivity index (χ2v) is 5.41. The van der Waals surface area contributed by atoms with Gasteiger partial charge in [-0.3, -0.25) is 0 Å². The smallest absolute Gasteiger partial charge is 0.226 e. The molecule has 102 valence electrons. The average Bonchev–Trinajstić information content (AvgIpc) is 2.13. The maximum Gasteiger partial charge on any atom is 0.226 e. The van der Waals surface area contributed by atoms with Crippen molar-refractivity contribution < 1.29 is 9.84 Å². The first-order valence-corrected chi connectivity index (χ1v) is 6.15. The number of aryl methyl sites for hydroxylation is 1. The number of nitrogens with zero attached hydrogens (tertiary/aromatic N) is 2. The highest BCUT2D eigenvalue weighted by Gasteiger charge is 2.35. The van der Waals surface area contributed by atoms with E-state index >= 15 is 0 Å². The minimum atomic E-state index is -0.897. The van der Waals surface area contributed by atoms with Gasteiger partial charge in [0.2, 0.25) is 11.8 Å². The lowest BCUT2D eigenvalue weighted by Crippen LogP contribution is -2.51. The Labute approximate surface area is 109 Å². The van der Waals surface area contributed by atoms with Gasteiger partial charge in [0.05, 0.1) is 17.7 Å². The molecule has 18 heavy (non-hydrogen) atoms. The number of aliphatic hydroxyl groups is 1. The first-order chi connectivity index (χ1) is 8.15. The third-order valence-corrected chi connectivity index (χ3v) is 3.08. The highest BCUT2D eigenvalue weighted by atomic mass is 16.5. The Kier molecular flexibility index (Phi) is 4.16. The van der Waals surface area contributed by atoms with Gasteiger partial charge in [0.25, 0.3) is 0 Å². The summed E-state index contributed by atoms with van der Waals surface area (Å²) in [4.78, 5) is 8.57. The molecule has 0 bridgehead atoms. The van der Waals surface area contributed by atoms with Crippen molar-refractivity contribution in [2.45, 2.75) is 52.7 Å². The standard InChI is InChI=1S/C13H23N3O2/c1-7-18-10-8-9(2)14-11(15-10)16-12(3,4)13(5,6)17/h8,17H,7H2,1-6H3,(H,14,15,16). The first kappa shape index (κ1) is 14.7. The molecule has 0 saturated carbocycles. The second kappa shape index (κ2) is 5.10. The van der Waals surface area contributed by atoms with Crippen LogP contribution in [0, 0.1) is 6.92 Å². The maximum absolute atomic E-state index is 10.1. The SMILES string of the molecule is CCOc1cc(C)nc(NC(C)(C)C(C)(C)O)n1. The van der Waals surface area contributed by atoms with Crippen LogP contribution in [0.15, 0.2) is 6.07 Å². The van der Waals surface area contributed by atoms with Gasteiger partial charge in [-0.15, -0.1) is 0 Å². The van der Waals surface area contributed by atoms with Crippen molar-refractivity contribution in [1.82, 2.24) is 9.97 Å². The molecule has 1 aromatic heterocycles. The Hall–Kier alpha value is -1.36. The van der Waals surface area contributed by atoms with E-state index in [1.54, 1.807) is 19.9 Å². The third kappa shape index (κ3) is 3.57. The highest BCUT2D eigenvalue weighted by Crippen LogP contribution is 2.25. The van der Waals surface area contributed by atoms with Crippen molar-refractivity contribution in [3.63, 3.8) is 0 Å². The molecule has 0 fully saturated rings. The largest absolute Gasteiger partial charge is 0.478 e. The molecule has 0 aliphatic carbocycles. The number of rotatable bonds is 5. The zero-order valence-electron chi connectivity index (χ0n) is 12.0. The number of hydrogen-bond acceptors (Lipinski definition) is 5. The average molecular weight is 253 g/mol. The van der Waals surface area contributed by atoms with E-state index in [2.05, 4.69) is 15.3 Å². The number of nitrogens with one attached hydrogen (secondary N) is 1. The minimum absolute atomic E-state index is 0.463. The fourth-order valence-electron chi connectivity index (χ4n) is 1.25. The molecular formula is C13H23N3O2. The lowest BCUT2D eigenvalue weighted by molar-refractivity contribution is 0.0236. The number of hydrogen-bond donors (Lipinski definition) is 2. The normalized spacial score (nSPS) is 12.4. The van der Waals surface area contributed by atoms with Crippen LogP contribution in [0.5, 0.6) is 5.88 Å². The van der Waals surface area contributed by atoms with E-state index < -0.39 is 11.1 Å². The molecule has 0 radical (unpaired) electrons. The maximum atomic E-state index is 10.1. The van der Waals surface area contributed by atoms with E-state index in [1.807, 2.05) is 27.7 Å². The molecule has 0 unspecified atom stereocenters. The summed E-state index contributed by atoms with van der Waals surface area (Å²) in [5, 5.41) is 13.2. The fraction of sp³-hybridized carbons (Fsp3) is 0.692. The zero-order valence-corrected chi connectivity index (χ0v) is 12.0. The summed E-state index contributed by atoms with van der Waals surface area (Å²) >= 11 is 0. The van der Waals surface area contributed by atoms with Gasteiger partial charge >= 0.3 is 0 Å². The second-order valence-electron chi connectivity index (χ2n) is 5.41. The summed E-state index contributed by atoms with van der Waals surface area (Å²) in [6, 6.07) is 1.78. The van der Waals surface area contributed by atoms with Crippen molar-refractivity contribution >= 4 is 5.95 Å². The van der Waals surface area contributed by atoms with Gasteiger partial charge in [0, 0.05) is 11.8 Å². The van der Waals surface area contributed by atoms with Gasteiger partial charge < -0.3 is 15.2 Å². The lowest BCUT2D eigenvalue weighted by atomic mass is 9.86. The monoisotopic (exact) mass is 253 g/mol. The summed E-state index contributed by atoms with van der Waals surface area (Å²) in [7, 11) is 0. The highest BCUT2D eigenvalue weighted by molar-refractivity contribution is 5.34. The molecule has 5 nitrogen and oxygen atoms in total. The Balaban J connectivity index is 2.97. The lowest BCUT2D eigenvalue weighted by Gasteiger charge is -2.38. The summed E-state index contributed by atoms with van der Waals surface area (Å²) < 4.78 is 5.37. The van der Waals surface area contributed by atoms with Gasteiger partial charge in [-0.05, 0) is 41.5 Å². The molecule has 0 spiro atoms. The van der Waals surface area contributed by atoms with E-state index in [9.17, 15) is 5.11 Å². The summed E-state index contributed by atoms with van der Waals surface area (Å²) in [5.74, 6) is 1.00. The Morgan fingerprint density at radius 1 is 1.28 bits per heavy atom. The Morgan fingerprint density at radius 2 is 1.89 bits per heavy atom. The van der Waals surface area contributed by atoms with Crippen LogP contribution in [-0.4, -0.2) is 32.8 Å². The molecule has 1 rings (SSSR count). The van der Waals surface area contributed by atoms with Crippen LogP contribution in [0.1, 0.15) is 40.3 Å². The molecule has 0 aliphatic heterocycles. The van der Waals surface area contributed by atoms with Crippen LogP contribution in [0.25, 0.3) is 0 Å². The van der Waals surface area contributed by atoms with Crippen LogP contribution >= 0.6 is 0 Å². The molecule has 1 aromatic rings. The van der Waals surface area contributed by atoms with Crippen LogP contribution in [0.3, 0.4) is 0 Å². The van der Waals surface area contributed by atoms with Crippen LogP contribution in [-0.2, 0) is 0 Å². The third-order valence-electron chi connectivity index (χ3n) is 3.08. The molecule has 0 saturated heterocycles. The predicted octanol–water partition coefficient (Wildman–Crippen LogP) is 2.15. The summed E-state index contributed by atoms with van der Waals surface area (Å²) in [6.45, 7) is 11.7. The molecule has 1 heterocycles. The Bertz CT molecular complexity index is 411. The summed E-state index contributed by atoms with van der Waals surface area (Å²) in [6.07, 6.45) is 0. The molecule has 0 aliphatic rings. The summed E-state index contributed by atoms with van der Waals surface area (Å²) in [5.41, 5.74) is -0.626. The quantitative estimate of drug-likeness (QED) is 0.841. The predicted molar refractivity (Wildman–Crippen MR) is 71.9 cm³/mol. The van der Waals surface area contributed by atoms with Crippen molar-refractivity contribution in [2.24, 2.45) is 0 Å². The molecular weight excluding hydrogens is 230 g/mol. The van der Waals surface area contributed by atoms with Gasteiger partial charge in [-0.2, -0.15) is 4.98 Å². The zero-order chi connectivity index (χ0) is 14.0. The van der Waals surface area contributed by atoms with Gasteiger partial charge in [-0.25, -0.2) is 4.98 Å². The van der Waals surface area contributed by atoms with Crippen LogP contribution < -0.4 is 10.1 Å². The van der Waals surface area contributed by atoms with Gasteiger partial charge in [0.1, 0.15) is 0 Å². The number of anilines is 1. The molecule has 2 N–H and O–H groups in total. The van der Waals surface area contributed by atoms with Crippen LogP contribution in [0.2, 0.25) is 0 Å². The van der Waals surface area contributed by atoms with Gasteiger partial charge in [0.15, 0.2) is 0 Å². The number of aromatic nitrogens is 2. The van der Waals surface area contributed by atoms with Gasteiger partial charge in [-0.1, -0.05) is 0 Å². The molecule has 0 atom stereocenters. The van der Waals surface area contributed by atoms with E-state index in [0.717, 1.165) is 5.69 Å². The van der Waals surface area contributed by atoms with E-state index in [1.165, 1.54) is 0 Å².